The van der Waals surface area contributed by atoms with Gasteiger partial charge < -0.3 is 9.47 Å². The van der Waals surface area contributed by atoms with E-state index in [0.717, 1.165) is 43.0 Å². The minimum Gasteiger partial charge on any atom is -0.465 e. The topological polar surface area (TPSA) is 18.5 Å². The number of rotatable bonds is 2. The monoisotopic (exact) mass is 386 g/mol. The third-order valence-corrected chi connectivity index (χ3v) is 8.35. The molecule has 2 saturated carbocycles. The molecule has 0 aromatic heterocycles. The van der Waals surface area contributed by atoms with Crippen molar-refractivity contribution in [2.75, 3.05) is 6.61 Å². The lowest BCUT2D eigenvalue weighted by Crippen LogP contribution is -2.40. The molecule has 146 valence electrons. The lowest BCUT2D eigenvalue weighted by molar-refractivity contribution is -0.105. The van der Waals surface area contributed by atoms with Crippen molar-refractivity contribution in [3.05, 3.63) is 40.4 Å². The van der Waals surface area contributed by atoms with Crippen molar-refractivity contribution in [2.45, 2.75) is 76.9 Å². The van der Waals surface area contributed by atoms with E-state index in [1.165, 1.54) is 56.1 Å². The molecule has 1 heterocycles. The van der Waals surface area contributed by atoms with Crippen LogP contribution in [0.25, 0.3) is 0 Å². The highest BCUT2D eigenvalue weighted by Crippen LogP contribution is 2.62. The smallest absolute Gasteiger partial charge is 0.199 e. The van der Waals surface area contributed by atoms with Gasteiger partial charge in [0.1, 0.15) is 5.75 Å². The van der Waals surface area contributed by atoms with Gasteiger partial charge in [-0.05, 0) is 97.8 Å². The van der Waals surface area contributed by atoms with Gasteiger partial charge in [-0.25, -0.2) is 0 Å². The second-order valence-corrected chi connectivity index (χ2v) is 9.54. The maximum Gasteiger partial charge on any atom is 0.199 e. The molecule has 27 heavy (non-hydrogen) atoms. The molecule has 3 aliphatic carbocycles. The highest BCUT2D eigenvalue weighted by atomic mass is 35.5. The van der Waals surface area contributed by atoms with Gasteiger partial charge in [0.2, 0.25) is 0 Å². The summed E-state index contributed by atoms with van der Waals surface area (Å²) in [6, 6.07) is 6.85. The first-order valence-electron chi connectivity index (χ1n) is 10.9. The molecule has 1 aromatic carbocycles. The van der Waals surface area contributed by atoms with E-state index < -0.39 is 0 Å². The van der Waals surface area contributed by atoms with E-state index in [4.69, 9.17) is 21.1 Å². The van der Waals surface area contributed by atoms with Crippen LogP contribution in [0.3, 0.4) is 0 Å². The molecule has 0 spiro atoms. The van der Waals surface area contributed by atoms with Crippen LogP contribution in [0, 0.1) is 17.3 Å². The summed E-state index contributed by atoms with van der Waals surface area (Å²) in [5.41, 5.74) is 6.86. The molecule has 0 N–H and O–H groups in total. The van der Waals surface area contributed by atoms with Crippen LogP contribution in [-0.2, 0) is 11.2 Å². The fourth-order valence-corrected chi connectivity index (χ4v) is 6.97. The molecule has 0 bridgehead atoms. The zero-order chi connectivity index (χ0) is 18.4. The molecular formula is C24H31ClO2. The summed E-state index contributed by atoms with van der Waals surface area (Å²) in [5.74, 6) is 3.34. The van der Waals surface area contributed by atoms with Gasteiger partial charge in [-0.1, -0.05) is 30.2 Å². The Hall–Kier alpha value is -0.990. The van der Waals surface area contributed by atoms with Gasteiger partial charge in [-0.2, -0.15) is 0 Å². The number of ether oxygens (including phenoxy) is 2. The number of fused-ring (bicyclic) bond motifs is 5. The first kappa shape index (κ1) is 18.1. The quantitative estimate of drug-likeness (QED) is 0.572. The number of hydrogen-bond acceptors (Lipinski definition) is 2. The zero-order valence-corrected chi connectivity index (χ0v) is 17.1. The zero-order valence-electron chi connectivity index (χ0n) is 16.4. The normalized spacial score (nSPS) is 39.6. The Bertz CT molecular complexity index is 736. The van der Waals surface area contributed by atoms with Gasteiger partial charge in [0.25, 0.3) is 0 Å². The molecular weight excluding hydrogens is 356 g/mol. The molecule has 2 nitrogen and oxygen atoms in total. The standard InChI is InChI=1S/C24H31ClO2/c1-24-12-11-20-19-9-7-18(27-23-4-2-3-13-26-23)14-16(19)5-8-21(20)22(24)10-6-17(24)15-25/h7,9,14-15,20-23H,2-6,8,10-13H2,1H3/t20-,21-,22+,23?,24-/m1/s1. The summed E-state index contributed by atoms with van der Waals surface area (Å²) in [6.45, 7) is 3.31. The van der Waals surface area contributed by atoms with Gasteiger partial charge in [0.05, 0.1) is 6.61 Å². The van der Waals surface area contributed by atoms with Crippen molar-refractivity contribution in [2.24, 2.45) is 17.3 Å². The number of benzene rings is 1. The van der Waals surface area contributed by atoms with E-state index in [0.29, 0.717) is 5.41 Å². The van der Waals surface area contributed by atoms with E-state index in [1.54, 1.807) is 5.56 Å². The van der Waals surface area contributed by atoms with E-state index >= 15 is 0 Å². The van der Waals surface area contributed by atoms with Crippen LogP contribution < -0.4 is 4.74 Å². The number of halogens is 1. The summed E-state index contributed by atoms with van der Waals surface area (Å²) in [5, 5.41) is 0. The average molecular weight is 387 g/mol. The van der Waals surface area contributed by atoms with E-state index in [9.17, 15) is 0 Å². The van der Waals surface area contributed by atoms with Crippen LogP contribution in [0.5, 0.6) is 5.75 Å². The summed E-state index contributed by atoms with van der Waals surface area (Å²) < 4.78 is 11.9. The van der Waals surface area contributed by atoms with Gasteiger partial charge in [0, 0.05) is 12.0 Å². The van der Waals surface area contributed by atoms with Crippen molar-refractivity contribution in [1.29, 1.82) is 0 Å². The Morgan fingerprint density at radius 2 is 2.07 bits per heavy atom. The van der Waals surface area contributed by atoms with Crippen LogP contribution in [-0.4, -0.2) is 12.9 Å². The molecule has 1 aromatic rings. The van der Waals surface area contributed by atoms with Gasteiger partial charge >= 0.3 is 0 Å². The van der Waals surface area contributed by atoms with Crippen molar-refractivity contribution in [3.63, 3.8) is 0 Å². The first-order valence-corrected chi connectivity index (χ1v) is 11.3. The van der Waals surface area contributed by atoms with Crippen molar-refractivity contribution < 1.29 is 9.47 Å². The van der Waals surface area contributed by atoms with E-state index in [2.05, 4.69) is 25.1 Å². The van der Waals surface area contributed by atoms with Crippen LogP contribution >= 0.6 is 11.6 Å². The minimum atomic E-state index is -0.0530. The maximum atomic E-state index is 6.18. The Labute approximate surface area is 168 Å². The molecule has 5 rings (SSSR count). The minimum absolute atomic E-state index is 0.0530. The lowest BCUT2D eigenvalue weighted by Gasteiger charge is -2.49. The fraction of sp³-hybridized carbons (Fsp3) is 0.667. The molecule has 1 saturated heterocycles. The predicted octanol–water partition coefficient (Wildman–Crippen LogP) is 6.57. The van der Waals surface area contributed by atoms with Crippen LogP contribution in [0.1, 0.15) is 75.3 Å². The Morgan fingerprint density at radius 3 is 2.89 bits per heavy atom. The first-order chi connectivity index (χ1) is 13.2. The van der Waals surface area contributed by atoms with Crippen LogP contribution in [0.4, 0.5) is 0 Å². The predicted molar refractivity (Wildman–Crippen MR) is 109 cm³/mol. The van der Waals surface area contributed by atoms with E-state index in [1.807, 2.05) is 5.54 Å². The number of hydrogen-bond donors (Lipinski definition) is 0. The SMILES string of the molecule is C[C@]12CC[C@@H]3c4ccc(OC5CCCCO5)cc4CC[C@H]3[C@@H]1CCC2=CCl. The molecule has 3 heteroatoms. The Morgan fingerprint density at radius 1 is 1.15 bits per heavy atom. The second-order valence-electron chi connectivity index (χ2n) is 9.32. The summed E-state index contributed by atoms with van der Waals surface area (Å²) in [6.07, 6.45) is 10.9. The third-order valence-electron chi connectivity index (χ3n) is 8.08. The summed E-state index contributed by atoms with van der Waals surface area (Å²) in [7, 11) is 0. The van der Waals surface area contributed by atoms with Crippen molar-refractivity contribution >= 4 is 11.6 Å². The molecule has 0 amide bonds. The molecule has 1 aliphatic heterocycles. The fourth-order valence-electron chi connectivity index (χ4n) is 6.62. The molecule has 1 unspecified atom stereocenters. The largest absolute Gasteiger partial charge is 0.465 e. The van der Waals surface area contributed by atoms with Crippen LogP contribution in [0.15, 0.2) is 29.3 Å². The lowest BCUT2D eigenvalue weighted by atomic mass is 9.55. The molecule has 0 radical (unpaired) electrons. The van der Waals surface area contributed by atoms with Gasteiger partial charge in [-0.15, -0.1) is 0 Å². The van der Waals surface area contributed by atoms with Crippen molar-refractivity contribution in [3.8, 4) is 5.75 Å². The summed E-state index contributed by atoms with van der Waals surface area (Å²) >= 11 is 6.18. The Balaban J connectivity index is 1.37. The highest BCUT2D eigenvalue weighted by Gasteiger charge is 2.52. The Kier molecular flexibility index (Phi) is 4.76. The molecule has 5 atom stereocenters. The average Bonchev–Trinajstić information content (AvgIpc) is 3.05. The van der Waals surface area contributed by atoms with Crippen molar-refractivity contribution in [1.82, 2.24) is 0 Å². The second kappa shape index (κ2) is 7.12. The highest BCUT2D eigenvalue weighted by molar-refractivity contribution is 6.25. The third kappa shape index (κ3) is 3.04. The van der Waals surface area contributed by atoms with Crippen LogP contribution in [0.2, 0.25) is 0 Å². The van der Waals surface area contributed by atoms with E-state index in [-0.39, 0.29) is 6.29 Å². The number of aryl methyl sites for hydroxylation is 1. The van der Waals surface area contributed by atoms with Gasteiger partial charge in [0.15, 0.2) is 6.29 Å². The molecule has 4 aliphatic rings. The molecule has 3 fully saturated rings. The van der Waals surface area contributed by atoms with Gasteiger partial charge in [-0.3, -0.25) is 0 Å². The maximum absolute atomic E-state index is 6.18. The number of allylic oxidation sites excluding steroid dienone is 1. The summed E-state index contributed by atoms with van der Waals surface area (Å²) in [4.78, 5) is 0.